The number of hydrogen-bond donors (Lipinski definition) is 3. The molecule has 1 unspecified atom stereocenters. The van der Waals surface area contributed by atoms with E-state index in [-0.39, 0.29) is 12.8 Å². The van der Waals surface area contributed by atoms with Gasteiger partial charge in [0.15, 0.2) is 0 Å². The Morgan fingerprint density at radius 3 is 2.48 bits per heavy atom. The van der Waals surface area contributed by atoms with Crippen molar-refractivity contribution in [3.05, 3.63) is 29.8 Å². The molecule has 1 aliphatic heterocycles. The molecule has 0 aromatic heterocycles. The van der Waals surface area contributed by atoms with Crippen LogP contribution in [0, 0.1) is 0 Å². The maximum atomic E-state index is 10.5. The molecule has 1 saturated heterocycles. The predicted octanol–water partition coefficient (Wildman–Crippen LogP) is 1.77. The monoisotopic (exact) mass is 292 g/mol. The van der Waals surface area contributed by atoms with Crippen LogP contribution < -0.4 is 10.2 Å². The molecule has 0 radical (unpaired) electrons. The molecule has 1 aliphatic rings. The lowest BCUT2D eigenvalue weighted by Crippen LogP contribution is -2.41. The number of carbonyl (C=O) groups is 1. The Labute approximate surface area is 125 Å². The van der Waals surface area contributed by atoms with Gasteiger partial charge in [-0.25, -0.2) is 0 Å². The summed E-state index contributed by atoms with van der Waals surface area (Å²) < 4.78 is 0. The van der Waals surface area contributed by atoms with Crippen molar-refractivity contribution < 1.29 is 15.0 Å². The highest BCUT2D eigenvalue weighted by Crippen LogP contribution is 2.24. The second-order valence-corrected chi connectivity index (χ2v) is 5.59. The number of nitrogens with zero attached hydrogens (tertiary/aromatic N) is 1. The summed E-state index contributed by atoms with van der Waals surface area (Å²) in [7, 11) is 2.01. The van der Waals surface area contributed by atoms with Crippen LogP contribution in [0.15, 0.2) is 24.3 Å². The number of piperidine rings is 1. The lowest BCUT2D eigenvalue weighted by molar-refractivity contribution is -0.137. The van der Waals surface area contributed by atoms with Gasteiger partial charge < -0.3 is 20.4 Å². The predicted molar refractivity (Wildman–Crippen MR) is 82.6 cm³/mol. The zero-order chi connectivity index (χ0) is 15.2. The molecule has 1 aromatic carbocycles. The van der Waals surface area contributed by atoms with Gasteiger partial charge in [-0.1, -0.05) is 12.1 Å². The van der Waals surface area contributed by atoms with Crippen LogP contribution in [0.1, 0.15) is 37.4 Å². The van der Waals surface area contributed by atoms with Crippen LogP contribution in [-0.4, -0.2) is 42.4 Å². The molecule has 5 heteroatoms. The number of anilines is 1. The topological polar surface area (TPSA) is 72.8 Å². The summed E-state index contributed by atoms with van der Waals surface area (Å²) in [5.74, 6) is -0.877. The van der Waals surface area contributed by atoms with Gasteiger partial charge in [0, 0.05) is 31.2 Å². The highest BCUT2D eigenvalue weighted by molar-refractivity contribution is 5.66. The maximum absolute atomic E-state index is 10.5. The fourth-order valence-corrected chi connectivity index (χ4v) is 2.76. The number of aliphatic carboxylic acids is 1. The normalized spacial score (nSPS) is 17.7. The van der Waals surface area contributed by atoms with Crippen molar-refractivity contribution >= 4 is 11.7 Å². The molecule has 5 nitrogen and oxygen atoms in total. The number of aliphatic hydroxyl groups excluding tert-OH is 1. The summed E-state index contributed by atoms with van der Waals surface area (Å²) in [6, 6.07) is 8.43. The average molecular weight is 292 g/mol. The van der Waals surface area contributed by atoms with Crippen LogP contribution in [0.25, 0.3) is 0 Å². The second kappa shape index (κ2) is 7.43. The third-order valence-corrected chi connectivity index (χ3v) is 4.18. The van der Waals surface area contributed by atoms with E-state index >= 15 is 0 Å². The van der Waals surface area contributed by atoms with Gasteiger partial charge in [0.1, 0.15) is 0 Å². The van der Waals surface area contributed by atoms with Crippen LogP contribution in [0.2, 0.25) is 0 Å². The van der Waals surface area contributed by atoms with Crippen molar-refractivity contribution in [1.82, 2.24) is 5.32 Å². The van der Waals surface area contributed by atoms with Crippen molar-refractivity contribution in [1.29, 1.82) is 0 Å². The minimum absolute atomic E-state index is 0.0134. The molecule has 0 saturated carbocycles. The van der Waals surface area contributed by atoms with Crippen LogP contribution >= 0.6 is 0 Å². The van der Waals surface area contributed by atoms with E-state index in [1.807, 2.05) is 31.3 Å². The number of benzene rings is 1. The summed E-state index contributed by atoms with van der Waals surface area (Å²) in [5.41, 5.74) is 1.95. The number of rotatable bonds is 6. The summed E-state index contributed by atoms with van der Waals surface area (Å²) >= 11 is 0. The van der Waals surface area contributed by atoms with Gasteiger partial charge in [0.05, 0.1) is 6.10 Å². The van der Waals surface area contributed by atoms with E-state index in [0.717, 1.165) is 31.5 Å². The summed E-state index contributed by atoms with van der Waals surface area (Å²) in [6.07, 6.45) is 1.81. The molecule has 0 amide bonds. The zero-order valence-electron chi connectivity index (χ0n) is 12.5. The number of nitrogens with one attached hydrogen (secondary N) is 1. The van der Waals surface area contributed by atoms with E-state index in [1.54, 1.807) is 0 Å². The van der Waals surface area contributed by atoms with E-state index in [1.165, 1.54) is 5.69 Å². The second-order valence-electron chi connectivity index (χ2n) is 5.59. The third-order valence-electron chi connectivity index (χ3n) is 4.18. The minimum atomic E-state index is -0.877. The largest absolute Gasteiger partial charge is 0.481 e. The van der Waals surface area contributed by atoms with Crippen molar-refractivity contribution in [3.8, 4) is 0 Å². The first kappa shape index (κ1) is 15.8. The number of carboxylic acid groups (broad SMARTS) is 1. The molecule has 3 N–H and O–H groups in total. The van der Waals surface area contributed by atoms with Gasteiger partial charge in [-0.2, -0.15) is 0 Å². The Morgan fingerprint density at radius 2 is 1.95 bits per heavy atom. The fraction of sp³-hybridized carbons (Fsp3) is 0.562. The Bertz CT molecular complexity index is 453. The molecule has 116 valence electrons. The maximum Gasteiger partial charge on any atom is 0.303 e. The van der Waals surface area contributed by atoms with Crippen LogP contribution in [0.5, 0.6) is 0 Å². The number of hydrogen-bond acceptors (Lipinski definition) is 4. The van der Waals surface area contributed by atoms with Crippen molar-refractivity contribution in [3.63, 3.8) is 0 Å². The van der Waals surface area contributed by atoms with Crippen molar-refractivity contribution in [2.45, 2.75) is 37.8 Å². The summed E-state index contributed by atoms with van der Waals surface area (Å²) in [4.78, 5) is 12.9. The van der Waals surface area contributed by atoms with Gasteiger partial charge in [0.2, 0.25) is 0 Å². The molecule has 2 rings (SSSR count). The Kier molecular flexibility index (Phi) is 5.59. The molecular formula is C16H24N2O3. The van der Waals surface area contributed by atoms with E-state index in [2.05, 4.69) is 10.2 Å². The van der Waals surface area contributed by atoms with Crippen LogP contribution in [0.4, 0.5) is 5.69 Å². The highest BCUT2D eigenvalue weighted by Gasteiger charge is 2.18. The lowest BCUT2D eigenvalue weighted by Gasteiger charge is -2.33. The van der Waals surface area contributed by atoms with Gasteiger partial charge in [0.25, 0.3) is 0 Å². The minimum Gasteiger partial charge on any atom is -0.481 e. The van der Waals surface area contributed by atoms with Crippen LogP contribution in [-0.2, 0) is 4.79 Å². The first-order valence-corrected chi connectivity index (χ1v) is 7.52. The van der Waals surface area contributed by atoms with Crippen LogP contribution in [0.3, 0.4) is 0 Å². The van der Waals surface area contributed by atoms with Crippen molar-refractivity contribution in [2.75, 3.05) is 25.0 Å². The van der Waals surface area contributed by atoms with Gasteiger partial charge in [-0.3, -0.25) is 4.79 Å². The Balaban J connectivity index is 1.91. The lowest BCUT2D eigenvalue weighted by atomic mass is 10.0. The molecular weight excluding hydrogens is 268 g/mol. The van der Waals surface area contributed by atoms with Crippen molar-refractivity contribution in [2.24, 2.45) is 0 Å². The van der Waals surface area contributed by atoms with E-state index in [0.29, 0.717) is 6.04 Å². The molecule has 1 atom stereocenters. The Morgan fingerprint density at radius 1 is 1.33 bits per heavy atom. The van der Waals surface area contributed by atoms with E-state index < -0.39 is 12.1 Å². The molecule has 0 bridgehead atoms. The standard InChI is InChI=1S/C16H24N2O3/c1-17-13-8-10-18(11-9-13)14-4-2-12(3-5-14)15(19)6-7-16(20)21/h2-5,13,15,17,19H,6-11H2,1H3,(H,20,21). The fourth-order valence-electron chi connectivity index (χ4n) is 2.76. The van der Waals surface area contributed by atoms with E-state index in [9.17, 15) is 9.90 Å². The summed E-state index contributed by atoms with van der Waals surface area (Å²) in [5, 5.41) is 21.9. The molecule has 1 heterocycles. The first-order valence-electron chi connectivity index (χ1n) is 7.52. The average Bonchev–Trinajstić information content (AvgIpc) is 2.53. The molecule has 1 aromatic rings. The van der Waals surface area contributed by atoms with Gasteiger partial charge >= 0.3 is 5.97 Å². The first-order chi connectivity index (χ1) is 10.1. The number of aliphatic hydroxyl groups is 1. The SMILES string of the molecule is CNC1CCN(c2ccc(C(O)CCC(=O)O)cc2)CC1. The number of carboxylic acids is 1. The third kappa shape index (κ3) is 4.44. The quantitative estimate of drug-likeness (QED) is 0.745. The van der Waals surface area contributed by atoms with E-state index in [4.69, 9.17) is 5.11 Å². The van der Waals surface area contributed by atoms with Gasteiger partial charge in [-0.15, -0.1) is 0 Å². The van der Waals surface area contributed by atoms with Gasteiger partial charge in [-0.05, 0) is 44.0 Å². The molecule has 0 aliphatic carbocycles. The zero-order valence-corrected chi connectivity index (χ0v) is 12.5. The molecule has 1 fully saturated rings. The molecule has 0 spiro atoms. The summed E-state index contributed by atoms with van der Waals surface area (Å²) in [6.45, 7) is 2.07. The molecule has 21 heavy (non-hydrogen) atoms. The highest BCUT2D eigenvalue weighted by atomic mass is 16.4. The smallest absolute Gasteiger partial charge is 0.303 e. The Hall–Kier alpha value is -1.59.